The zero-order valence-electron chi connectivity index (χ0n) is 10.9. The molecule has 1 aromatic rings. The second-order valence-electron chi connectivity index (χ2n) is 4.80. The Hall–Kier alpha value is -2.08. The molecule has 1 amide bonds. The number of ether oxygens (including phenoxy) is 2. The van der Waals surface area contributed by atoms with Crippen molar-refractivity contribution in [2.45, 2.75) is 18.9 Å². The van der Waals surface area contributed by atoms with Gasteiger partial charge < -0.3 is 19.5 Å². The standard InChI is InChI=1S/C14H15NO5/c16-13(11-5-2-7-19-11)15-6-8-20-12-9(14(17)18)3-1-4-10(12)15/h1,3-4,11H,2,5-8H2,(H,17,18). The third-order valence-electron chi connectivity index (χ3n) is 3.55. The number of aromatic carboxylic acids is 1. The van der Waals surface area contributed by atoms with E-state index in [9.17, 15) is 9.59 Å². The van der Waals surface area contributed by atoms with Crippen LogP contribution in [-0.2, 0) is 9.53 Å². The van der Waals surface area contributed by atoms with E-state index in [-0.39, 0.29) is 23.8 Å². The van der Waals surface area contributed by atoms with Crippen LogP contribution in [-0.4, -0.2) is 42.8 Å². The van der Waals surface area contributed by atoms with Gasteiger partial charge in [-0.05, 0) is 25.0 Å². The molecule has 106 valence electrons. The third kappa shape index (κ3) is 2.12. The molecule has 1 N–H and O–H groups in total. The van der Waals surface area contributed by atoms with Gasteiger partial charge in [-0.3, -0.25) is 4.79 Å². The van der Waals surface area contributed by atoms with Crippen LogP contribution in [0.2, 0.25) is 0 Å². The van der Waals surface area contributed by atoms with Gasteiger partial charge in [0.2, 0.25) is 0 Å². The lowest BCUT2D eigenvalue weighted by Crippen LogP contribution is -2.43. The molecule has 1 unspecified atom stereocenters. The summed E-state index contributed by atoms with van der Waals surface area (Å²) in [6.45, 7) is 1.30. The maximum atomic E-state index is 12.4. The molecule has 0 spiro atoms. The minimum Gasteiger partial charge on any atom is -0.489 e. The highest BCUT2D eigenvalue weighted by Crippen LogP contribution is 2.36. The van der Waals surface area contributed by atoms with Crippen molar-refractivity contribution in [2.24, 2.45) is 0 Å². The predicted molar refractivity (Wildman–Crippen MR) is 70.2 cm³/mol. The van der Waals surface area contributed by atoms with Crippen LogP contribution in [0.3, 0.4) is 0 Å². The van der Waals surface area contributed by atoms with E-state index in [1.807, 2.05) is 0 Å². The maximum Gasteiger partial charge on any atom is 0.339 e. The number of rotatable bonds is 2. The van der Waals surface area contributed by atoms with Crippen molar-refractivity contribution in [3.8, 4) is 5.75 Å². The summed E-state index contributed by atoms with van der Waals surface area (Å²) in [6.07, 6.45) is 1.17. The molecule has 1 saturated heterocycles. The van der Waals surface area contributed by atoms with Crippen molar-refractivity contribution in [3.63, 3.8) is 0 Å². The van der Waals surface area contributed by atoms with Crippen LogP contribution in [0.4, 0.5) is 5.69 Å². The number of amides is 1. The number of carboxylic acid groups (broad SMARTS) is 1. The average molecular weight is 277 g/mol. The summed E-state index contributed by atoms with van der Waals surface area (Å²) in [5, 5.41) is 9.17. The largest absolute Gasteiger partial charge is 0.489 e. The monoisotopic (exact) mass is 277 g/mol. The van der Waals surface area contributed by atoms with Gasteiger partial charge in [0.15, 0.2) is 5.75 Å². The van der Waals surface area contributed by atoms with Crippen LogP contribution in [0.25, 0.3) is 0 Å². The lowest BCUT2D eigenvalue weighted by molar-refractivity contribution is -0.127. The topological polar surface area (TPSA) is 76.1 Å². The summed E-state index contributed by atoms with van der Waals surface area (Å²) in [7, 11) is 0. The highest BCUT2D eigenvalue weighted by Gasteiger charge is 2.33. The number of carbonyl (C=O) groups excluding carboxylic acids is 1. The first-order valence-electron chi connectivity index (χ1n) is 6.60. The molecule has 6 heteroatoms. The van der Waals surface area contributed by atoms with Gasteiger partial charge in [-0.15, -0.1) is 0 Å². The molecule has 1 atom stereocenters. The highest BCUT2D eigenvalue weighted by atomic mass is 16.5. The van der Waals surface area contributed by atoms with Crippen molar-refractivity contribution in [2.75, 3.05) is 24.7 Å². The molecule has 1 aromatic carbocycles. The van der Waals surface area contributed by atoms with E-state index in [4.69, 9.17) is 14.6 Å². The van der Waals surface area contributed by atoms with Gasteiger partial charge in [0, 0.05) is 6.61 Å². The Balaban J connectivity index is 1.95. The number of hydrogen-bond acceptors (Lipinski definition) is 4. The first-order valence-corrected chi connectivity index (χ1v) is 6.60. The maximum absolute atomic E-state index is 12.4. The SMILES string of the molecule is O=C(O)c1cccc2c1OCCN2C(=O)C1CCCO1. The minimum atomic E-state index is -1.06. The number of nitrogens with zero attached hydrogens (tertiary/aromatic N) is 1. The zero-order valence-corrected chi connectivity index (χ0v) is 10.9. The Morgan fingerprint density at radius 2 is 2.15 bits per heavy atom. The number of para-hydroxylation sites is 1. The Kier molecular flexibility index (Phi) is 3.31. The summed E-state index contributed by atoms with van der Waals surface area (Å²) < 4.78 is 10.9. The van der Waals surface area contributed by atoms with E-state index in [0.717, 1.165) is 6.42 Å². The van der Waals surface area contributed by atoms with Crippen LogP contribution in [0.5, 0.6) is 5.75 Å². The molecule has 2 aliphatic rings. The Morgan fingerprint density at radius 1 is 1.30 bits per heavy atom. The lowest BCUT2D eigenvalue weighted by atomic mass is 10.1. The summed E-state index contributed by atoms with van der Waals surface area (Å²) in [5.41, 5.74) is 0.587. The highest BCUT2D eigenvalue weighted by molar-refractivity contribution is 6.01. The van der Waals surface area contributed by atoms with Gasteiger partial charge in [0.1, 0.15) is 18.3 Å². The molecule has 0 saturated carbocycles. The Bertz CT molecular complexity index is 550. The van der Waals surface area contributed by atoms with E-state index in [1.54, 1.807) is 17.0 Å². The van der Waals surface area contributed by atoms with Gasteiger partial charge in [-0.1, -0.05) is 6.07 Å². The molecule has 2 heterocycles. The number of fused-ring (bicyclic) bond motifs is 1. The van der Waals surface area contributed by atoms with Crippen LogP contribution < -0.4 is 9.64 Å². The van der Waals surface area contributed by atoms with Gasteiger partial charge >= 0.3 is 5.97 Å². The van der Waals surface area contributed by atoms with Gasteiger partial charge in [-0.25, -0.2) is 4.79 Å². The normalized spacial score (nSPS) is 21.2. The van der Waals surface area contributed by atoms with E-state index in [0.29, 0.717) is 25.3 Å². The number of carboxylic acids is 1. The average Bonchev–Trinajstić information content (AvgIpc) is 2.99. The molecule has 2 aliphatic heterocycles. The van der Waals surface area contributed by atoms with Gasteiger partial charge in [0.05, 0.1) is 12.2 Å². The van der Waals surface area contributed by atoms with Crippen molar-refractivity contribution in [1.82, 2.24) is 0 Å². The smallest absolute Gasteiger partial charge is 0.339 e. The Labute approximate surface area is 115 Å². The van der Waals surface area contributed by atoms with Crippen LogP contribution in [0.15, 0.2) is 18.2 Å². The quantitative estimate of drug-likeness (QED) is 0.881. The minimum absolute atomic E-state index is 0.0762. The van der Waals surface area contributed by atoms with Crippen LogP contribution in [0, 0.1) is 0 Å². The van der Waals surface area contributed by atoms with Crippen LogP contribution in [0.1, 0.15) is 23.2 Å². The molecule has 3 rings (SSSR count). The molecular formula is C14H15NO5. The fourth-order valence-electron chi connectivity index (χ4n) is 2.59. The number of hydrogen-bond donors (Lipinski definition) is 1. The third-order valence-corrected chi connectivity index (χ3v) is 3.55. The lowest BCUT2D eigenvalue weighted by Gasteiger charge is -2.31. The molecular weight excluding hydrogens is 262 g/mol. The fourth-order valence-corrected chi connectivity index (χ4v) is 2.59. The van der Waals surface area contributed by atoms with Crippen molar-refractivity contribution in [3.05, 3.63) is 23.8 Å². The van der Waals surface area contributed by atoms with Crippen molar-refractivity contribution in [1.29, 1.82) is 0 Å². The molecule has 20 heavy (non-hydrogen) atoms. The van der Waals surface area contributed by atoms with E-state index in [2.05, 4.69) is 0 Å². The predicted octanol–water partition coefficient (Wildman–Crippen LogP) is 1.29. The van der Waals surface area contributed by atoms with E-state index >= 15 is 0 Å². The zero-order chi connectivity index (χ0) is 14.1. The first-order chi connectivity index (χ1) is 9.68. The van der Waals surface area contributed by atoms with Gasteiger partial charge in [-0.2, -0.15) is 0 Å². The van der Waals surface area contributed by atoms with Crippen LogP contribution >= 0.6 is 0 Å². The van der Waals surface area contributed by atoms with Crippen molar-refractivity contribution < 1.29 is 24.2 Å². The van der Waals surface area contributed by atoms with E-state index in [1.165, 1.54) is 6.07 Å². The molecule has 0 aliphatic carbocycles. The second-order valence-corrected chi connectivity index (χ2v) is 4.80. The summed E-state index contributed by atoms with van der Waals surface area (Å²) >= 11 is 0. The number of benzene rings is 1. The molecule has 0 radical (unpaired) electrons. The molecule has 6 nitrogen and oxygen atoms in total. The number of anilines is 1. The summed E-state index contributed by atoms with van der Waals surface area (Å²) in [5.74, 6) is -0.916. The summed E-state index contributed by atoms with van der Waals surface area (Å²) in [6, 6.07) is 4.79. The van der Waals surface area contributed by atoms with Gasteiger partial charge in [0.25, 0.3) is 5.91 Å². The molecule has 0 bridgehead atoms. The molecule has 0 aromatic heterocycles. The fraction of sp³-hybridized carbons (Fsp3) is 0.429. The molecule has 1 fully saturated rings. The summed E-state index contributed by atoms with van der Waals surface area (Å²) in [4.78, 5) is 25.2. The van der Waals surface area contributed by atoms with Crippen molar-refractivity contribution >= 4 is 17.6 Å². The number of carbonyl (C=O) groups is 2. The first kappa shape index (κ1) is 12.9. The second kappa shape index (κ2) is 5.13. The van der Waals surface area contributed by atoms with E-state index < -0.39 is 12.1 Å². The Morgan fingerprint density at radius 3 is 2.85 bits per heavy atom.